The summed E-state index contributed by atoms with van der Waals surface area (Å²) in [7, 11) is -0.496. The van der Waals surface area contributed by atoms with E-state index in [2.05, 4.69) is 26.0 Å². The minimum Gasteiger partial charge on any atom is -0.260 e. The molecule has 0 radical (unpaired) electrons. The molecule has 0 spiro atoms. The van der Waals surface area contributed by atoms with E-state index in [-0.39, 0.29) is 4.90 Å². The van der Waals surface area contributed by atoms with E-state index in [1.54, 1.807) is 18.6 Å². The summed E-state index contributed by atoms with van der Waals surface area (Å²) < 4.78 is 27.6. The molecule has 17 heavy (non-hydrogen) atoms. The van der Waals surface area contributed by atoms with Gasteiger partial charge in [0.1, 0.15) is 9.50 Å². The second kappa shape index (κ2) is 4.39. The lowest BCUT2D eigenvalue weighted by Gasteiger charge is -2.15. The SMILES string of the molecule is CN(c1nccs1)S(=O)(=O)c1cnn(C)c1Br. The number of hydrogen-bond acceptors (Lipinski definition) is 5. The molecule has 0 fully saturated rings. The molecule has 0 aromatic carbocycles. The van der Waals surface area contributed by atoms with Gasteiger partial charge in [0.15, 0.2) is 5.13 Å². The molecule has 2 aromatic heterocycles. The molecule has 0 saturated heterocycles. The van der Waals surface area contributed by atoms with E-state index in [9.17, 15) is 8.42 Å². The van der Waals surface area contributed by atoms with Crippen LogP contribution >= 0.6 is 27.3 Å². The number of aromatic nitrogens is 3. The molecule has 6 nitrogen and oxygen atoms in total. The molecule has 0 saturated carbocycles. The van der Waals surface area contributed by atoms with E-state index in [1.807, 2.05) is 0 Å². The Balaban J connectivity index is 2.47. The standard InChI is InChI=1S/C8H9BrN4O2S2/c1-12-7(9)6(5-11-12)17(14,15)13(2)8-10-3-4-16-8/h3-5H,1-2H3. The Labute approximate surface area is 111 Å². The van der Waals surface area contributed by atoms with Gasteiger partial charge in [0.2, 0.25) is 0 Å². The van der Waals surface area contributed by atoms with E-state index >= 15 is 0 Å². The van der Waals surface area contributed by atoms with Crippen LogP contribution in [-0.4, -0.2) is 30.2 Å². The smallest absolute Gasteiger partial charge is 0.260 e. The van der Waals surface area contributed by atoms with E-state index < -0.39 is 10.0 Å². The highest BCUT2D eigenvalue weighted by molar-refractivity contribution is 9.10. The highest BCUT2D eigenvalue weighted by Gasteiger charge is 2.27. The molecule has 2 heterocycles. The van der Waals surface area contributed by atoms with Crippen molar-refractivity contribution in [2.75, 3.05) is 11.4 Å². The normalized spacial score (nSPS) is 11.7. The third kappa shape index (κ3) is 2.09. The molecular weight excluding hydrogens is 328 g/mol. The van der Waals surface area contributed by atoms with E-state index in [1.165, 1.54) is 29.3 Å². The van der Waals surface area contributed by atoms with Crippen LogP contribution in [0.25, 0.3) is 0 Å². The number of thiazole rings is 1. The lowest BCUT2D eigenvalue weighted by molar-refractivity contribution is 0.593. The van der Waals surface area contributed by atoms with Crippen LogP contribution < -0.4 is 4.31 Å². The summed E-state index contributed by atoms with van der Waals surface area (Å²) in [5, 5.41) is 6.03. The Morgan fingerprint density at radius 1 is 1.53 bits per heavy atom. The second-order valence-corrected chi connectivity index (χ2v) is 6.77. The monoisotopic (exact) mass is 336 g/mol. The van der Waals surface area contributed by atoms with Gasteiger partial charge in [-0.1, -0.05) is 0 Å². The summed E-state index contributed by atoms with van der Waals surface area (Å²) in [6.45, 7) is 0. The van der Waals surface area contributed by atoms with Crippen LogP contribution in [-0.2, 0) is 17.1 Å². The minimum absolute atomic E-state index is 0.123. The Morgan fingerprint density at radius 2 is 2.24 bits per heavy atom. The average molecular weight is 337 g/mol. The lowest BCUT2D eigenvalue weighted by Crippen LogP contribution is -2.26. The number of halogens is 1. The van der Waals surface area contributed by atoms with Gasteiger partial charge in [-0.05, 0) is 15.9 Å². The van der Waals surface area contributed by atoms with Crippen LogP contribution in [0.3, 0.4) is 0 Å². The molecule has 0 aliphatic carbocycles. The number of nitrogens with zero attached hydrogens (tertiary/aromatic N) is 4. The Kier molecular flexibility index (Phi) is 3.23. The first-order chi connectivity index (χ1) is 7.94. The molecule has 0 aliphatic rings. The van der Waals surface area contributed by atoms with Crippen molar-refractivity contribution in [1.82, 2.24) is 14.8 Å². The van der Waals surface area contributed by atoms with Crippen LogP contribution in [0.1, 0.15) is 0 Å². The van der Waals surface area contributed by atoms with Gasteiger partial charge in [0.25, 0.3) is 10.0 Å². The molecular formula is C8H9BrN4O2S2. The zero-order valence-electron chi connectivity index (χ0n) is 9.03. The molecule has 0 unspecified atom stereocenters. The summed E-state index contributed by atoms with van der Waals surface area (Å²) in [5.41, 5.74) is 0. The highest BCUT2D eigenvalue weighted by Crippen LogP contribution is 2.27. The van der Waals surface area contributed by atoms with Gasteiger partial charge in [-0.15, -0.1) is 11.3 Å². The minimum atomic E-state index is -3.62. The van der Waals surface area contributed by atoms with Crippen molar-refractivity contribution in [3.8, 4) is 0 Å². The third-order valence-corrected chi connectivity index (χ3v) is 6.08. The molecule has 0 aliphatic heterocycles. The molecule has 0 atom stereocenters. The van der Waals surface area contributed by atoms with Crippen molar-refractivity contribution in [1.29, 1.82) is 0 Å². The summed E-state index contributed by atoms with van der Waals surface area (Å²) in [6, 6.07) is 0. The van der Waals surface area contributed by atoms with Crippen molar-refractivity contribution >= 4 is 42.4 Å². The van der Waals surface area contributed by atoms with Gasteiger partial charge in [0.05, 0.1) is 6.20 Å². The number of hydrogen-bond donors (Lipinski definition) is 0. The lowest BCUT2D eigenvalue weighted by atomic mass is 10.7. The number of sulfonamides is 1. The molecule has 0 amide bonds. The first-order valence-electron chi connectivity index (χ1n) is 4.50. The maximum atomic E-state index is 12.3. The summed E-state index contributed by atoms with van der Waals surface area (Å²) in [4.78, 5) is 4.09. The maximum absolute atomic E-state index is 12.3. The Bertz CT molecular complexity index is 620. The summed E-state index contributed by atoms with van der Waals surface area (Å²) in [6.07, 6.45) is 2.87. The van der Waals surface area contributed by atoms with Crippen molar-refractivity contribution in [3.63, 3.8) is 0 Å². The molecule has 2 rings (SSSR count). The molecule has 9 heteroatoms. The van der Waals surface area contributed by atoms with Crippen molar-refractivity contribution in [2.45, 2.75) is 4.90 Å². The van der Waals surface area contributed by atoms with Crippen molar-refractivity contribution < 1.29 is 8.42 Å². The fraction of sp³-hybridized carbons (Fsp3) is 0.250. The second-order valence-electron chi connectivity index (χ2n) is 3.21. The van der Waals surface area contributed by atoms with E-state index in [0.29, 0.717) is 9.73 Å². The predicted octanol–water partition coefficient (Wildman–Crippen LogP) is 1.46. The third-order valence-electron chi connectivity index (χ3n) is 2.16. The Morgan fingerprint density at radius 3 is 2.71 bits per heavy atom. The number of rotatable bonds is 3. The quantitative estimate of drug-likeness (QED) is 0.850. The first-order valence-corrected chi connectivity index (χ1v) is 7.62. The zero-order chi connectivity index (χ0) is 12.6. The topological polar surface area (TPSA) is 68.1 Å². The Hall–Kier alpha value is -0.930. The van der Waals surface area contributed by atoms with Crippen molar-refractivity contribution in [2.24, 2.45) is 7.05 Å². The van der Waals surface area contributed by atoms with Gasteiger partial charge in [-0.3, -0.25) is 4.68 Å². The fourth-order valence-corrected chi connectivity index (χ4v) is 4.02. The highest BCUT2D eigenvalue weighted by atomic mass is 79.9. The number of anilines is 1. The summed E-state index contributed by atoms with van der Waals surface area (Å²) >= 11 is 4.45. The van der Waals surface area contributed by atoms with Crippen LogP contribution in [0.2, 0.25) is 0 Å². The van der Waals surface area contributed by atoms with Gasteiger partial charge in [-0.25, -0.2) is 17.7 Å². The largest absolute Gasteiger partial charge is 0.270 e. The number of aryl methyl sites for hydroxylation is 1. The molecule has 2 aromatic rings. The predicted molar refractivity (Wildman–Crippen MR) is 68.6 cm³/mol. The molecule has 0 N–H and O–H groups in total. The molecule has 92 valence electrons. The van der Waals surface area contributed by atoms with E-state index in [0.717, 1.165) is 4.31 Å². The van der Waals surface area contributed by atoms with Gasteiger partial charge < -0.3 is 0 Å². The average Bonchev–Trinajstić information content (AvgIpc) is 2.89. The van der Waals surface area contributed by atoms with Crippen LogP contribution in [0.5, 0.6) is 0 Å². The zero-order valence-corrected chi connectivity index (χ0v) is 12.3. The summed E-state index contributed by atoms with van der Waals surface area (Å²) in [5.74, 6) is 0. The maximum Gasteiger partial charge on any atom is 0.270 e. The first kappa shape index (κ1) is 12.5. The van der Waals surface area contributed by atoms with Crippen LogP contribution in [0.4, 0.5) is 5.13 Å². The van der Waals surface area contributed by atoms with Gasteiger partial charge >= 0.3 is 0 Å². The fourth-order valence-electron chi connectivity index (χ4n) is 1.20. The van der Waals surface area contributed by atoms with Gasteiger partial charge in [0, 0.05) is 25.7 Å². The van der Waals surface area contributed by atoms with Crippen molar-refractivity contribution in [3.05, 3.63) is 22.4 Å². The molecule has 0 bridgehead atoms. The van der Waals surface area contributed by atoms with Crippen LogP contribution in [0, 0.1) is 0 Å². The van der Waals surface area contributed by atoms with Gasteiger partial charge in [-0.2, -0.15) is 5.10 Å². The van der Waals surface area contributed by atoms with Crippen LogP contribution in [0.15, 0.2) is 27.3 Å². The van der Waals surface area contributed by atoms with E-state index in [4.69, 9.17) is 0 Å².